The molecule has 0 aliphatic carbocycles. The van der Waals surface area contributed by atoms with Crippen molar-refractivity contribution in [1.82, 2.24) is 4.31 Å². The van der Waals surface area contributed by atoms with Crippen molar-refractivity contribution in [2.75, 3.05) is 25.3 Å². The number of anilines is 1. The fraction of sp³-hybridized carbons (Fsp3) is 0.417. The largest absolute Gasteiger partial charge is 0.326 e. The van der Waals surface area contributed by atoms with Gasteiger partial charge in [-0.2, -0.15) is 0 Å². The number of halogens is 1. The highest BCUT2D eigenvalue weighted by molar-refractivity contribution is 7.89. The van der Waals surface area contributed by atoms with Crippen LogP contribution in [-0.4, -0.2) is 38.6 Å². The maximum atomic E-state index is 12.0. The normalized spacial score (nSPS) is 11.6. The van der Waals surface area contributed by atoms with Crippen molar-refractivity contribution in [3.8, 4) is 0 Å². The number of nitrogens with one attached hydrogen (secondary N) is 1. The number of carbonyl (C=O) groups excluding carboxylic acids is 1. The summed E-state index contributed by atoms with van der Waals surface area (Å²) in [5, 5.41) is 2.66. The average Bonchev–Trinajstić information content (AvgIpc) is 2.31. The first-order chi connectivity index (χ1) is 8.78. The molecule has 1 amide bonds. The molecular weight excluding hydrogens is 288 g/mol. The van der Waals surface area contributed by atoms with E-state index in [0.29, 0.717) is 5.69 Å². The molecule has 1 rings (SSSR count). The number of rotatable bonds is 5. The molecule has 1 aromatic rings. The molecule has 5 nitrogen and oxygen atoms in total. The SMILES string of the molecule is Cc1ccc(S(=O)(=O)N(C)C)cc1NC(=O)CCCl. The van der Waals surface area contributed by atoms with E-state index in [1.54, 1.807) is 13.0 Å². The van der Waals surface area contributed by atoms with Gasteiger partial charge < -0.3 is 5.32 Å². The molecule has 0 fully saturated rings. The molecular formula is C12H17ClN2O3S. The summed E-state index contributed by atoms with van der Waals surface area (Å²) in [6.07, 6.45) is 0.186. The van der Waals surface area contributed by atoms with E-state index in [2.05, 4.69) is 5.32 Å². The summed E-state index contributed by atoms with van der Waals surface area (Å²) in [5.41, 5.74) is 1.28. The Hall–Kier alpha value is -1.11. The van der Waals surface area contributed by atoms with Gasteiger partial charge in [0.1, 0.15) is 0 Å². The molecule has 1 aromatic carbocycles. The Balaban J connectivity index is 3.11. The number of amides is 1. The van der Waals surface area contributed by atoms with Crippen LogP contribution >= 0.6 is 11.6 Å². The van der Waals surface area contributed by atoms with Gasteiger partial charge in [0.2, 0.25) is 15.9 Å². The van der Waals surface area contributed by atoms with E-state index in [0.717, 1.165) is 9.87 Å². The number of hydrogen-bond acceptors (Lipinski definition) is 3. The lowest BCUT2D eigenvalue weighted by Crippen LogP contribution is -2.22. The predicted molar refractivity (Wildman–Crippen MR) is 76.0 cm³/mol. The van der Waals surface area contributed by atoms with Crippen molar-refractivity contribution in [3.05, 3.63) is 23.8 Å². The molecule has 0 atom stereocenters. The second kappa shape index (κ2) is 6.36. The lowest BCUT2D eigenvalue weighted by atomic mass is 10.2. The van der Waals surface area contributed by atoms with E-state index in [1.807, 2.05) is 0 Å². The third kappa shape index (κ3) is 3.92. The molecule has 0 aliphatic heterocycles. The predicted octanol–water partition coefficient (Wildman–Crippen LogP) is 1.81. The van der Waals surface area contributed by atoms with Crippen LogP contribution in [0.3, 0.4) is 0 Å². The lowest BCUT2D eigenvalue weighted by molar-refractivity contribution is -0.115. The monoisotopic (exact) mass is 304 g/mol. The second-order valence-electron chi connectivity index (χ2n) is 4.25. The van der Waals surface area contributed by atoms with E-state index < -0.39 is 10.0 Å². The minimum atomic E-state index is -3.51. The summed E-state index contributed by atoms with van der Waals surface area (Å²) in [6, 6.07) is 4.63. The summed E-state index contributed by atoms with van der Waals surface area (Å²) in [6.45, 7) is 1.79. The Morgan fingerprint density at radius 1 is 1.37 bits per heavy atom. The Morgan fingerprint density at radius 3 is 2.53 bits per heavy atom. The molecule has 0 aromatic heterocycles. The maximum absolute atomic E-state index is 12.0. The quantitative estimate of drug-likeness (QED) is 0.844. The van der Waals surface area contributed by atoms with E-state index in [-0.39, 0.29) is 23.1 Å². The van der Waals surface area contributed by atoms with Gasteiger partial charge >= 0.3 is 0 Å². The van der Waals surface area contributed by atoms with Crippen molar-refractivity contribution in [2.45, 2.75) is 18.2 Å². The van der Waals surface area contributed by atoms with Crippen LogP contribution in [0.4, 0.5) is 5.69 Å². The van der Waals surface area contributed by atoms with Crippen molar-refractivity contribution >= 4 is 33.2 Å². The first kappa shape index (κ1) is 15.9. The Morgan fingerprint density at radius 2 is 2.00 bits per heavy atom. The molecule has 0 radical (unpaired) electrons. The first-order valence-corrected chi connectivity index (χ1v) is 7.65. The number of carbonyl (C=O) groups is 1. The van der Waals surface area contributed by atoms with Crippen molar-refractivity contribution in [2.24, 2.45) is 0 Å². The van der Waals surface area contributed by atoms with Gasteiger partial charge in [-0.25, -0.2) is 12.7 Å². The standard InChI is InChI=1S/C12H17ClN2O3S/c1-9-4-5-10(19(17,18)15(2)3)8-11(9)14-12(16)6-7-13/h4-5,8H,6-7H2,1-3H3,(H,14,16). The van der Waals surface area contributed by atoms with Gasteiger partial charge in [-0.05, 0) is 24.6 Å². The molecule has 0 saturated carbocycles. The van der Waals surface area contributed by atoms with Crippen LogP contribution < -0.4 is 5.32 Å². The summed E-state index contributed by atoms with van der Waals surface area (Å²) < 4.78 is 25.1. The number of benzene rings is 1. The third-order valence-electron chi connectivity index (χ3n) is 2.58. The van der Waals surface area contributed by atoms with Crippen LogP contribution in [0.5, 0.6) is 0 Å². The van der Waals surface area contributed by atoms with Crippen LogP contribution in [0.2, 0.25) is 0 Å². The lowest BCUT2D eigenvalue weighted by Gasteiger charge is -2.14. The van der Waals surface area contributed by atoms with Crippen LogP contribution in [0.25, 0.3) is 0 Å². The smallest absolute Gasteiger partial charge is 0.242 e. The molecule has 0 heterocycles. The Kier molecular flexibility index (Phi) is 5.34. The van der Waals surface area contributed by atoms with Crippen molar-refractivity contribution < 1.29 is 13.2 Å². The highest BCUT2D eigenvalue weighted by Gasteiger charge is 2.18. The van der Waals surface area contributed by atoms with Crippen LogP contribution in [-0.2, 0) is 14.8 Å². The van der Waals surface area contributed by atoms with Gasteiger partial charge in [-0.1, -0.05) is 6.07 Å². The molecule has 0 saturated heterocycles. The molecule has 0 unspecified atom stereocenters. The molecule has 0 bridgehead atoms. The maximum Gasteiger partial charge on any atom is 0.242 e. The van der Waals surface area contributed by atoms with Crippen LogP contribution in [0.15, 0.2) is 23.1 Å². The van der Waals surface area contributed by atoms with E-state index in [4.69, 9.17) is 11.6 Å². The number of aryl methyl sites for hydroxylation is 1. The third-order valence-corrected chi connectivity index (χ3v) is 4.58. The van der Waals surface area contributed by atoms with Crippen LogP contribution in [0.1, 0.15) is 12.0 Å². The zero-order chi connectivity index (χ0) is 14.6. The van der Waals surface area contributed by atoms with Gasteiger partial charge in [0.25, 0.3) is 0 Å². The summed E-state index contributed by atoms with van der Waals surface area (Å²) in [4.78, 5) is 11.6. The Bertz CT molecular complexity index is 570. The fourth-order valence-corrected chi connectivity index (χ4v) is 2.51. The second-order valence-corrected chi connectivity index (χ2v) is 6.78. The average molecular weight is 305 g/mol. The van der Waals surface area contributed by atoms with E-state index in [9.17, 15) is 13.2 Å². The van der Waals surface area contributed by atoms with E-state index in [1.165, 1.54) is 26.2 Å². The number of nitrogens with zero attached hydrogens (tertiary/aromatic N) is 1. The zero-order valence-electron chi connectivity index (χ0n) is 11.1. The Labute approximate surface area is 118 Å². The zero-order valence-corrected chi connectivity index (χ0v) is 12.7. The van der Waals surface area contributed by atoms with Gasteiger partial charge in [-0.15, -0.1) is 11.6 Å². The molecule has 106 valence electrons. The van der Waals surface area contributed by atoms with Crippen LogP contribution in [0, 0.1) is 6.92 Å². The number of sulfonamides is 1. The number of alkyl halides is 1. The summed E-state index contributed by atoms with van der Waals surface area (Å²) >= 11 is 5.48. The molecule has 1 N–H and O–H groups in total. The first-order valence-electron chi connectivity index (χ1n) is 5.68. The van der Waals surface area contributed by atoms with E-state index >= 15 is 0 Å². The van der Waals surface area contributed by atoms with Crippen molar-refractivity contribution in [1.29, 1.82) is 0 Å². The molecule has 0 spiro atoms. The highest BCUT2D eigenvalue weighted by Crippen LogP contribution is 2.22. The van der Waals surface area contributed by atoms with Gasteiger partial charge in [-0.3, -0.25) is 4.79 Å². The summed E-state index contributed by atoms with van der Waals surface area (Å²) in [7, 11) is -0.590. The molecule has 19 heavy (non-hydrogen) atoms. The molecule has 7 heteroatoms. The van der Waals surface area contributed by atoms with Gasteiger partial charge in [0, 0.05) is 32.1 Å². The number of hydrogen-bond donors (Lipinski definition) is 1. The topological polar surface area (TPSA) is 66.5 Å². The fourth-order valence-electron chi connectivity index (χ4n) is 1.41. The van der Waals surface area contributed by atoms with Crippen molar-refractivity contribution in [3.63, 3.8) is 0 Å². The van der Waals surface area contributed by atoms with Gasteiger partial charge in [0.15, 0.2) is 0 Å². The minimum Gasteiger partial charge on any atom is -0.326 e. The molecule has 0 aliphatic rings. The van der Waals surface area contributed by atoms with Gasteiger partial charge in [0.05, 0.1) is 4.90 Å². The summed E-state index contributed by atoms with van der Waals surface area (Å²) in [5.74, 6) is -0.0156. The highest BCUT2D eigenvalue weighted by atomic mass is 35.5. The minimum absolute atomic E-state index is 0.143.